The molecule has 1 N–H and O–H groups in total. The molecule has 7 heteroatoms. The first-order valence-corrected chi connectivity index (χ1v) is 7.13. The number of pyridine rings is 1. The maximum atomic E-state index is 12.5. The summed E-state index contributed by atoms with van der Waals surface area (Å²) in [5.41, 5.74) is 1.69. The van der Waals surface area contributed by atoms with Gasteiger partial charge in [0.15, 0.2) is 0 Å². The molecule has 2 rings (SSSR count). The topological polar surface area (TPSA) is 66.3 Å². The number of nitrogens with zero attached hydrogens (tertiary/aromatic N) is 5. The van der Waals surface area contributed by atoms with Crippen molar-refractivity contribution in [3.05, 3.63) is 42.5 Å². The van der Waals surface area contributed by atoms with Crippen molar-refractivity contribution in [3.63, 3.8) is 0 Å². The molecule has 7 nitrogen and oxygen atoms in total. The Labute approximate surface area is 130 Å². The van der Waals surface area contributed by atoms with Crippen LogP contribution in [-0.2, 0) is 13.6 Å². The first kappa shape index (κ1) is 16.0. The third-order valence-electron chi connectivity index (χ3n) is 3.16. The van der Waals surface area contributed by atoms with Crippen molar-refractivity contribution < 1.29 is 4.79 Å². The molecule has 2 heterocycles. The molecule has 2 aromatic heterocycles. The number of aromatic nitrogens is 3. The van der Waals surface area contributed by atoms with Crippen LogP contribution in [0.3, 0.4) is 0 Å². The van der Waals surface area contributed by atoms with Crippen LogP contribution >= 0.6 is 0 Å². The number of nitrogens with one attached hydrogen (secondary N) is 1. The van der Waals surface area contributed by atoms with Crippen molar-refractivity contribution in [1.82, 2.24) is 24.6 Å². The molecule has 0 saturated heterocycles. The Morgan fingerprint density at radius 2 is 2.14 bits per heavy atom. The molecule has 0 aromatic carbocycles. The van der Waals surface area contributed by atoms with E-state index in [0.29, 0.717) is 18.8 Å². The summed E-state index contributed by atoms with van der Waals surface area (Å²) in [5, 5.41) is 6.92. The van der Waals surface area contributed by atoms with Crippen LogP contribution < -0.4 is 5.32 Å². The highest BCUT2D eigenvalue weighted by Crippen LogP contribution is 2.08. The minimum atomic E-state index is -0.140. The number of hydrogen-bond acceptors (Lipinski definition) is 4. The molecule has 0 saturated carbocycles. The zero-order valence-corrected chi connectivity index (χ0v) is 13.2. The highest BCUT2D eigenvalue weighted by atomic mass is 16.2. The first-order chi connectivity index (χ1) is 10.5. The predicted molar refractivity (Wildman–Crippen MR) is 85.4 cm³/mol. The largest absolute Gasteiger partial charge is 0.322 e. The second-order valence-electron chi connectivity index (χ2n) is 5.42. The van der Waals surface area contributed by atoms with Gasteiger partial charge in [0.2, 0.25) is 0 Å². The Morgan fingerprint density at radius 3 is 2.73 bits per heavy atom. The average Bonchev–Trinajstić information content (AvgIpc) is 2.89. The van der Waals surface area contributed by atoms with Crippen LogP contribution in [-0.4, -0.2) is 57.8 Å². The minimum Gasteiger partial charge on any atom is -0.319 e. The molecule has 22 heavy (non-hydrogen) atoms. The van der Waals surface area contributed by atoms with E-state index in [2.05, 4.69) is 15.4 Å². The number of hydrogen-bond donors (Lipinski definition) is 1. The maximum absolute atomic E-state index is 12.5. The van der Waals surface area contributed by atoms with Gasteiger partial charge in [-0.25, -0.2) is 4.79 Å². The fraction of sp³-hybridized carbons (Fsp3) is 0.400. The van der Waals surface area contributed by atoms with Crippen LogP contribution in [0.2, 0.25) is 0 Å². The van der Waals surface area contributed by atoms with Crippen molar-refractivity contribution in [2.45, 2.75) is 6.54 Å². The molecule has 118 valence electrons. The third-order valence-corrected chi connectivity index (χ3v) is 3.16. The van der Waals surface area contributed by atoms with Gasteiger partial charge in [0, 0.05) is 45.3 Å². The highest BCUT2D eigenvalue weighted by molar-refractivity contribution is 5.89. The van der Waals surface area contributed by atoms with Gasteiger partial charge in [-0.1, -0.05) is 6.07 Å². The summed E-state index contributed by atoms with van der Waals surface area (Å²) in [6.45, 7) is 1.95. The number of aryl methyl sites for hydroxylation is 1. The zero-order chi connectivity index (χ0) is 15.9. The summed E-state index contributed by atoms with van der Waals surface area (Å²) in [4.78, 5) is 20.4. The number of carbonyl (C=O) groups excluding carboxylic acids is 1. The average molecular weight is 302 g/mol. The van der Waals surface area contributed by atoms with E-state index in [1.54, 1.807) is 34.4 Å². The number of amides is 2. The van der Waals surface area contributed by atoms with Gasteiger partial charge in [0.1, 0.15) is 0 Å². The van der Waals surface area contributed by atoms with Gasteiger partial charge in [0.25, 0.3) is 0 Å². The van der Waals surface area contributed by atoms with Crippen LogP contribution in [0.5, 0.6) is 0 Å². The van der Waals surface area contributed by atoms with E-state index < -0.39 is 0 Å². The van der Waals surface area contributed by atoms with Gasteiger partial charge in [-0.15, -0.1) is 0 Å². The monoisotopic (exact) mass is 302 g/mol. The molecule has 0 spiro atoms. The SMILES string of the molecule is CN(C)CCN(Cc1cccnc1)C(=O)Nc1cnn(C)c1. The van der Waals surface area contributed by atoms with E-state index in [1.165, 1.54) is 0 Å². The van der Waals surface area contributed by atoms with Gasteiger partial charge in [-0.3, -0.25) is 9.67 Å². The Balaban J connectivity index is 2.03. The standard InChI is InChI=1S/C15H22N6O/c1-19(2)7-8-21(11-13-5-4-6-16-9-13)15(22)18-14-10-17-20(3)12-14/h4-6,9-10,12H,7-8,11H2,1-3H3,(H,18,22). The molecule has 2 aromatic rings. The van der Waals surface area contributed by atoms with E-state index in [-0.39, 0.29) is 6.03 Å². The molecule has 2 amide bonds. The maximum Gasteiger partial charge on any atom is 0.322 e. The van der Waals surface area contributed by atoms with Gasteiger partial charge >= 0.3 is 6.03 Å². The van der Waals surface area contributed by atoms with E-state index in [1.807, 2.05) is 38.2 Å². The Kier molecular flexibility index (Phi) is 5.48. The molecular weight excluding hydrogens is 280 g/mol. The normalized spacial score (nSPS) is 10.7. The van der Waals surface area contributed by atoms with E-state index in [9.17, 15) is 4.79 Å². The number of urea groups is 1. The summed E-state index contributed by atoms with van der Waals surface area (Å²) in [6.07, 6.45) is 6.90. The Hall–Kier alpha value is -2.41. The lowest BCUT2D eigenvalue weighted by Gasteiger charge is -2.24. The van der Waals surface area contributed by atoms with Gasteiger partial charge in [0.05, 0.1) is 11.9 Å². The molecular formula is C15H22N6O. The van der Waals surface area contributed by atoms with Crippen molar-refractivity contribution >= 4 is 11.7 Å². The fourth-order valence-electron chi connectivity index (χ4n) is 1.97. The van der Waals surface area contributed by atoms with Gasteiger partial charge in [-0.05, 0) is 25.7 Å². The quantitative estimate of drug-likeness (QED) is 0.876. The number of anilines is 1. The lowest BCUT2D eigenvalue weighted by Crippen LogP contribution is -2.38. The number of rotatable bonds is 6. The van der Waals surface area contributed by atoms with Crippen LogP contribution in [0.15, 0.2) is 36.9 Å². The van der Waals surface area contributed by atoms with Crippen molar-refractivity contribution in [3.8, 4) is 0 Å². The summed E-state index contributed by atoms with van der Waals surface area (Å²) in [5.74, 6) is 0. The molecule has 0 aliphatic carbocycles. The Morgan fingerprint density at radius 1 is 1.32 bits per heavy atom. The van der Waals surface area contributed by atoms with Crippen LogP contribution in [0.25, 0.3) is 0 Å². The molecule has 0 aliphatic rings. The molecule has 0 fully saturated rings. The van der Waals surface area contributed by atoms with Crippen LogP contribution in [0.1, 0.15) is 5.56 Å². The lowest BCUT2D eigenvalue weighted by atomic mass is 10.2. The second kappa shape index (κ2) is 7.56. The number of carbonyl (C=O) groups is 1. The molecule has 0 radical (unpaired) electrons. The summed E-state index contributed by atoms with van der Waals surface area (Å²) >= 11 is 0. The van der Waals surface area contributed by atoms with E-state index in [0.717, 1.165) is 12.1 Å². The number of likely N-dealkylation sites (N-methyl/N-ethyl adjacent to an activating group) is 1. The summed E-state index contributed by atoms with van der Waals surface area (Å²) in [7, 11) is 5.79. The zero-order valence-electron chi connectivity index (χ0n) is 13.2. The first-order valence-electron chi connectivity index (χ1n) is 7.13. The van der Waals surface area contributed by atoms with Crippen LogP contribution in [0, 0.1) is 0 Å². The summed E-state index contributed by atoms with van der Waals surface area (Å²) in [6, 6.07) is 3.70. The third kappa shape index (κ3) is 4.85. The lowest BCUT2D eigenvalue weighted by molar-refractivity contribution is 0.202. The highest BCUT2D eigenvalue weighted by Gasteiger charge is 2.15. The molecule has 0 unspecified atom stereocenters. The van der Waals surface area contributed by atoms with E-state index in [4.69, 9.17) is 0 Å². The fourth-order valence-corrected chi connectivity index (χ4v) is 1.97. The Bertz CT molecular complexity index is 595. The van der Waals surface area contributed by atoms with Crippen LogP contribution in [0.4, 0.5) is 10.5 Å². The van der Waals surface area contributed by atoms with Crippen molar-refractivity contribution in [1.29, 1.82) is 0 Å². The second-order valence-corrected chi connectivity index (χ2v) is 5.42. The molecule has 0 atom stereocenters. The smallest absolute Gasteiger partial charge is 0.319 e. The van der Waals surface area contributed by atoms with Crippen molar-refractivity contribution in [2.75, 3.05) is 32.5 Å². The molecule has 0 aliphatic heterocycles. The summed E-state index contributed by atoms with van der Waals surface area (Å²) < 4.78 is 1.65. The molecule has 0 bridgehead atoms. The minimum absolute atomic E-state index is 0.140. The van der Waals surface area contributed by atoms with Gasteiger partial charge < -0.3 is 15.1 Å². The van der Waals surface area contributed by atoms with Gasteiger partial charge in [-0.2, -0.15) is 5.10 Å². The van der Waals surface area contributed by atoms with E-state index >= 15 is 0 Å². The predicted octanol–water partition coefficient (Wildman–Crippen LogP) is 1.41. The van der Waals surface area contributed by atoms with Crippen molar-refractivity contribution in [2.24, 2.45) is 7.05 Å².